The molecular formula is C14H18F2N2O. The van der Waals surface area contributed by atoms with Crippen LogP contribution in [-0.4, -0.2) is 25.0 Å². The van der Waals surface area contributed by atoms with E-state index in [9.17, 15) is 13.6 Å². The van der Waals surface area contributed by atoms with Gasteiger partial charge in [0.25, 0.3) is 5.92 Å². The summed E-state index contributed by atoms with van der Waals surface area (Å²) in [5.41, 5.74) is -0.00932. The van der Waals surface area contributed by atoms with Crippen LogP contribution in [0.5, 0.6) is 0 Å². The quantitative estimate of drug-likeness (QED) is 0.743. The first-order valence-electron chi connectivity index (χ1n) is 6.51. The lowest BCUT2D eigenvalue weighted by molar-refractivity contribution is -0.121. The highest BCUT2D eigenvalue weighted by molar-refractivity contribution is 5.76. The standard InChI is InChI=1S/C14H18F2N2O/c15-14(16,11-4-2-1-3-5-11)10-17-9-8-13(19)18-12-6-7-12/h1-5,12,17H,6-10H2,(H,18,19). The molecule has 1 fully saturated rings. The molecule has 3 nitrogen and oxygen atoms in total. The van der Waals surface area contributed by atoms with Crippen LogP contribution in [0.15, 0.2) is 30.3 Å². The van der Waals surface area contributed by atoms with Crippen molar-refractivity contribution in [3.63, 3.8) is 0 Å². The Morgan fingerprint density at radius 2 is 1.95 bits per heavy atom. The summed E-state index contributed by atoms with van der Waals surface area (Å²) < 4.78 is 27.5. The molecule has 2 N–H and O–H groups in total. The average Bonchev–Trinajstić information content (AvgIpc) is 3.20. The van der Waals surface area contributed by atoms with Crippen molar-refractivity contribution in [2.45, 2.75) is 31.2 Å². The van der Waals surface area contributed by atoms with Gasteiger partial charge in [-0.05, 0) is 12.8 Å². The molecule has 0 aromatic heterocycles. The van der Waals surface area contributed by atoms with Crippen LogP contribution in [-0.2, 0) is 10.7 Å². The molecule has 1 saturated carbocycles. The van der Waals surface area contributed by atoms with Crippen molar-refractivity contribution >= 4 is 5.91 Å². The summed E-state index contributed by atoms with van der Waals surface area (Å²) in [6.45, 7) is -0.186. The van der Waals surface area contributed by atoms with Crippen molar-refractivity contribution in [1.29, 1.82) is 0 Å². The van der Waals surface area contributed by atoms with Gasteiger partial charge in [-0.25, -0.2) is 0 Å². The fourth-order valence-corrected chi connectivity index (χ4v) is 1.76. The maximum Gasteiger partial charge on any atom is 0.285 e. The van der Waals surface area contributed by atoms with Gasteiger partial charge in [0.15, 0.2) is 0 Å². The Morgan fingerprint density at radius 3 is 2.58 bits per heavy atom. The normalized spacial score (nSPS) is 15.3. The van der Waals surface area contributed by atoms with E-state index in [-0.39, 0.29) is 24.4 Å². The largest absolute Gasteiger partial charge is 0.353 e. The highest BCUT2D eigenvalue weighted by atomic mass is 19.3. The zero-order valence-corrected chi connectivity index (χ0v) is 10.7. The van der Waals surface area contributed by atoms with Crippen LogP contribution >= 0.6 is 0 Å². The zero-order valence-electron chi connectivity index (χ0n) is 10.7. The maximum atomic E-state index is 13.7. The minimum atomic E-state index is -2.91. The van der Waals surface area contributed by atoms with Crippen LogP contribution in [0.2, 0.25) is 0 Å². The van der Waals surface area contributed by atoms with Gasteiger partial charge in [0.2, 0.25) is 5.91 Å². The Morgan fingerprint density at radius 1 is 1.26 bits per heavy atom. The summed E-state index contributed by atoms with van der Waals surface area (Å²) in [5.74, 6) is -2.98. The van der Waals surface area contributed by atoms with Crippen LogP contribution in [0.4, 0.5) is 8.78 Å². The predicted molar refractivity (Wildman–Crippen MR) is 69.0 cm³/mol. The number of carbonyl (C=O) groups is 1. The molecule has 104 valence electrons. The third-order valence-electron chi connectivity index (χ3n) is 3.01. The second kappa shape index (κ2) is 6.10. The Labute approximate surface area is 111 Å². The van der Waals surface area contributed by atoms with Gasteiger partial charge in [-0.2, -0.15) is 8.78 Å². The van der Waals surface area contributed by atoms with Gasteiger partial charge in [-0.1, -0.05) is 30.3 Å². The van der Waals surface area contributed by atoms with Crippen molar-refractivity contribution in [3.8, 4) is 0 Å². The summed E-state index contributed by atoms with van der Waals surface area (Å²) >= 11 is 0. The van der Waals surface area contributed by atoms with E-state index in [1.807, 2.05) is 0 Å². The third kappa shape index (κ3) is 4.59. The lowest BCUT2D eigenvalue weighted by Crippen LogP contribution is -2.34. The van der Waals surface area contributed by atoms with Crippen molar-refractivity contribution in [2.75, 3.05) is 13.1 Å². The molecule has 1 aromatic rings. The molecule has 0 unspecified atom stereocenters. The number of halogens is 2. The first kappa shape index (κ1) is 13.9. The minimum absolute atomic E-state index is 0.00932. The van der Waals surface area contributed by atoms with Gasteiger partial charge in [0, 0.05) is 24.6 Å². The summed E-state index contributed by atoms with van der Waals surface area (Å²) in [6.07, 6.45) is 2.30. The number of nitrogens with one attached hydrogen (secondary N) is 2. The Kier molecular flexibility index (Phi) is 4.47. The molecule has 0 heterocycles. The van der Waals surface area contributed by atoms with E-state index in [1.165, 1.54) is 12.1 Å². The summed E-state index contributed by atoms with van der Waals surface area (Å²) in [5, 5.41) is 5.45. The van der Waals surface area contributed by atoms with E-state index in [1.54, 1.807) is 18.2 Å². The van der Waals surface area contributed by atoms with Crippen molar-refractivity contribution in [1.82, 2.24) is 10.6 Å². The van der Waals surface area contributed by atoms with Gasteiger partial charge < -0.3 is 10.6 Å². The zero-order chi connectivity index (χ0) is 13.7. The molecule has 19 heavy (non-hydrogen) atoms. The molecule has 1 aliphatic carbocycles. The molecule has 1 aromatic carbocycles. The summed E-state index contributed by atoms with van der Waals surface area (Å²) in [7, 11) is 0. The molecule has 5 heteroatoms. The van der Waals surface area contributed by atoms with Crippen LogP contribution in [0, 0.1) is 0 Å². The van der Waals surface area contributed by atoms with Crippen LogP contribution in [0.25, 0.3) is 0 Å². The van der Waals surface area contributed by atoms with E-state index < -0.39 is 12.5 Å². The number of carbonyl (C=O) groups excluding carboxylic acids is 1. The van der Waals surface area contributed by atoms with Crippen molar-refractivity contribution in [2.24, 2.45) is 0 Å². The number of amides is 1. The molecule has 0 radical (unpaired) electrons. The predicted octanol–water partition coefficient (Wildman–Crippen LogP) is 2.04. The number of alkyl halides is 2. The van der Waals surface area contributed by atoms with Crippen LogP contribution < -0.4 is 10.6 Å². The Bertz CT molecular complexity index is 419. The second-order valence-corrected chi connectivity index (χ2v) is 4.84. The summed E-state index contributed by atoms with van der Waals surface area (Å²) in [4.78, 5) is 11.3. The molecule has 0 bridgehead atoms. The Hall–Kier alpha value is -1.49. The fraction of sp³-hybridized carbons (Fsp3) is 0.500. The number of hydrogen-bond donors (Lipinski definition) is 2. The van der Waals surface area contributed by atoms with E-state index in [0.717, 1.165) is 12.8 Å². The number of hydrogen-bond acceptors (Lipinski definition) is 2. The second-order valence-electron chi connectivity index (χ2n) is 4.84. The van der Waals surface area contributed by atoms with Gasteiger partial charge in [-0.15, -0.1) is 0 Å². The summed E-state index contributed by atoms with van der Waals surface area (Å²) in [6, 6.07) is 8.01. The molecule has 1 aliphatic rings. The van der Waals surface area contributed by atoms with Gasteiger partial charge in [0.05, 0.1) is 6.54 Å². The average molecular weight is 268 g/mol. The van der Waals surface area contributed by atoms with Crippen molar-refractivity contribution in [3.05, 3.63) is 35.9 Å². The van der Waals surface area contributed by atoms with Gasteiger partial charge >= 0.3 is 0 Å². The lowest BCUT2D eigenvalue weighted by Gasteiger charge is -2.17. The minimum Gasteiger partial charge on any atom is -0.353 e. The van der Waals surface area contributed by atoms with E-state index >= 15 is 0 Å². The SMILES string of the molecule is O=C(CCNCC(F)(F)c1ccccc1)NC1CC1. The molecule has 0 saturated heterocycles. The van der Waals surface area contributed by atoms with Crippen molar-refractivity contribution < 1.29 is 13.6 Å². The maximum absolute atomic E-state index is 13.7. The number of rotatable bonds is 7. The molecular weight excluding hydrogens is 250 g/mol. The molecule has 0 atom stereocenters. The van der Waals surface area contributed by atoms with E-state index in [4.69, 9.17) is 0 Å². The topological polar surface area (TPSA) is 41.1 Å². The third-order valence-corrected chi connectivity index (χ3v) is 3.01. The smallest absolute Gasteiger partial charge is 0.285 e. The lowest BCUT2D eigenvalue weighted by atomic mass is 10.1. The van der Waals surface area contributed by atoms with E-state index in [2.05, 4.69) is 10.6 Å². The first-order valence-corrected chi connectivity index (χ1v) is 6.51. The first-order chi connectivity index (χ1) is 9.08. The van der Waals surface area contributed by atoms with Gasteiger partial charge in [-0.3, -0.25) is 4.79 Å². The molecule has 0 aliphatic heterocycles. The number of benzene rings is 1. The van der Waals surface area contributed by atoms with Gasteiger partial charge in [0.1, 0.15) is 0 Å². The molecule has 2 rings (SSSR count). The monoisotopic (exact) mass is 268 g/mol. The highest BCUT2D eigenvalue weighted by Crippen LogP contribution is 2.26. The van der Waals surface area contributed by atoms with Crippen LogP contribution in [0.1, 0.15) is 24.8 Å². The van der Waals surface area contributed by atoms with E-state index in [0.29, 0.717) is 6.04 Å². The molecule has 0 spiro atoms. The Balaban J connectivity index is 1.68. The highest BCUT2D eigenvalue weighted by Gasteiger charge is 2.30. The fourth-order valence-electron chi connectivity index (χ4n) is 1.76. The molecule has 1 amide bonds. The van der Waals surface area contributed by atoms with Crippen LogP contribution in [0.3, 0.4) is 0 Å².